The molecule has 74 valence electrons. The van der Waals surface area contributed by atoms with E-state index in [2.05, 4.69) is 6.07 Å². The molecule has 0 bridgehead atoms. The summed E-state index contributed by atoms with van der Waals surface area (Å²) in [5, 5.41) is 0. The second-order valence-electron chi connectivity index (χ2n) is 3.46. The van der Waals surface area contributed by atoms with E-state index >= 15 is 0 Å². The van der Waals surface area contributed by atoms with E-state index in [1.165, 1.54) is 0 Å². The van der Waals surface area contributed by atoms with Gasteiger partial charge in [0.2, 0.25) is 0 Å². The molecule has 0 unspecified atom stereocenters. The van der Waals surface area contributed by atoms with Crippen molar-refractivity contribution in [2.45, 2.75) is 6.92 Å². The first kappa shape index (κ1) is 13.3. The molecule has 0 atom stereocenters. The van der Waals surface area contributed by atoms with Crippen LogP contribution in [0.4, 0.5) is 0 Å². The summed E-state index contributed by atoms with van der Waals surface area (Å²) in [6.45, 7) is 1.96. The number of benzene rings is 2. The molecular weight excluding hydrogens is 273 g/mol. The third-order valence-corrected chi connectivity index (χ3v) is 2.27. The van der Waals surface area contributed by atoms with Gasteiger partial charge < -0.3 is 4.79 Å². The Hall–Kier alpha value is -0.786. The van der Waals surface area contributed by atoms with E-state index in [1.54, 1.807) is 6.07 Å². The molecule has 2 aromatic rings. The summed E-state index contributed by atoms with van der Waals surface area (Å²) < 4.78 is 0. The molecule has 0 saturated carbocycles. The van der Waals surface area contributed by atoms with Gasteiger partial charge in [0.05, 0.1) is 0 Å². The zero-order valence-electron chi connectivity index (χ0n) is 9.10. The van der Waals surface area contributed by atoms with Crippen LogP contribution in [0.25, 0.3) is 0 Å². The molecule has 0 aliphatic heterocycles. The summed E-state index contributed by atoms with van der Waals surface area (Å²) >= 11 is 0. The Bertz CT molecular complexity index is 460. The Kier molecular flexibility index (Phi) is 5.04. The van der Waals surface area contributed by atoms with Crippen LogP contribution in [0.5, 0.6) is 0 Å². The molecule has 0 saturated heterocycles. The van der Waals surface area contributed by atoms with Crippen LogP contribution in [-0.4, -0.2) is 5.78 Å². The molecular formula is C14H11OY+2. The van der Waals surface area contributed by atoms with Gasteiger partial charge in [0.1, 0.15) is 5.78 Å². The molecule has 0 radical (unpaired) electrons. The molecule has 0 aliphatic carbocycles. The topological polar surface area (TPSA) is 17.1 Å². The van der Waals surface area contributed by atoms with Gasteiger partial charge in [-0.05, 0) is 0 Å². The molecule has 0 amide bonds. The van der Waals surface area contributed by atoms with Crippen LogP contribution >= 0.6 is 0 Å². The summed E-state index contributed by atoms with van der Waals surface area (Å²) in [7, 11) is 0. The number of carbonyl (C=O) groups is 1. The summed E-state index contributed by atoms with van der Waals surface area (Å²) in [5.41, 5.74) is 2.45. The fraction of sp³-hybridized carbons (Fsp3) is 0.0714. The van der Waals surface area contributed by atoms with Gasteiger partial charge >= 0.3 is 32.7 Å². The van der Waals surface area contributed by atoms with E-state index in [4.69, 9.17) is 0 Å². The van der Waals surface area contributed by atoms with Crippen molar-refractivity contribution < 1.29 is 37.5 Å². The zero-order chi connectivity index (χ0) is 10.7. The molecule has 16 heavy (non-hydrogen) atoms. The molecule has 0 heterocycles. The van der Waals surface area contributed by atoms with Crippen molar-refractivity contribution in [1.82, 2.24) is 0 Å². The Morgan fingerprint density at radius 3 is 2.25 bits per heavy atom. The Morgan fingerprint density at radius 1 is 1.00 bits per heavy atom. The maximum absolute atomic E-state index is 11.9. The zero-order valence-corrected chi connectivity index (χ0v) is 11.9. The Balaban J connectivity index is 0.00000128. The molecule has 0 aromatic heterocycles. The normalized spacial score (nSPS) is 9.31. The van der Waals surface area contributed by atoms with Crippen LogP contribution < -0.4 is 0 Å². The van der Waals surface area contributed by atoms with Crippen molar-refractivity contribution >= 4 is 5.78 Å². The molecule has 2 aromatic carbocycles. The molecule has 2 rings (SSSR count). The minimum absolute atomic E-state index is 0. The van der Waals surface area contributed by atoms with Gasteiger partial charge in [-0.15, -0.1) is 0 Å². The van der Waals surface area contributed by atoms with Crippen LogP contribution in [0, 0.1) is 13.0 Å². The largest absolute Gasteiger partial charge is 3.00 e. The third kappa shape index (κ3) is 3.10. The van der Waals surface area contributed by atoms with Gasteiger partial charge in [-0.2, -0.15) is 29.8 Å². The van der Waals surface area contributed by atoms with E-state index in [0.717, 1.165) is 11.1 Å². The predicted molar refractivity (Wildman–Crippen MR) is 59.9 cm³/mol. The smallest absolute Gasteiger partial charge is 0.303 e. The Morgan fingerprint density at radius 2 is 1.69 bits per heavy atom. The van der Waals surface area contributed by atoms with E-state index in [0.29, 0.717) is 5.56 Å². The first-order chi connectivity index (χ1) is 7.27. The van der Waals surface area contributed by atoms with Gasteiger partial charge in [0, 0.05) is 5.56 Å². The minimum atomic E-state index is 0. The number of rotatable bonds is 2. The van der Waals surface area contributed by atoms with Gasteiger partial charge in [-0.25, -0.2) is 0 Å². The molecule has 0 N–H and O–H groups in total. The van der Waals surface area contributed by atoms with E-state index in [-0.39, 0.29) is 38.5 Å². The van der Waals surface area contributed by atoms with E-state index in [9.17, 15) is 4.79 Å². The van der Waals surface area contributed by atoms with Crippen LogP contribution in [0.3, 0.4) is 0 Å². The van der Waals surface area contributed by atoms with Gasteiger partial charge in [0.15, 0.2) is 0 Å². The van der Waals surface area contributed by atoms with Crippen molar-refractivity contribution in [3.05, 3.63) is 71.3 Å². The predicted octanol–water partition coefficient (Wildman–Crippen LogP) is 3.02. The molecule has 0 spiro atoms. The van der Waals surface area contributed by atoms with Crippen LogP contribution in [0.15, 0.2) is 48.5 Å². The van der Waals surface area contributed by atoms with Gasteiger partial charge in [-0.1, -0.05) is 42.8 Å². The summed E-state index contributed by atoms with van der Waals surface area (Å²) in [6.07, 6.45) is 0. The van der Waals surface area contributed by atoms with Crippen molar-refractivity contribution in [1.29, 1.82) is 0 Å². The van der Waals surface area contributed by atoms with Crippen molar-refractivity contribution in [3.63, 3.8) is 0 Å². The van der Waals surface area contributed by atoms with Gasteiger partial charge in [0.25, 0.3) is 0 Å². The van der Waals surface area contributed by atoms with E-state index < -0.39 is 0 Å². The molecule has 0 fully saturated rings. The summed E-state index contributed by atoms with van der Waals surface area (Å²) in [5.74, 6) is 0.0480. The molecule has 0 aliphatic rings. The average molecular weight is 284 g/mol. The van der Waals surface area contributed by atoms with E-state index in [1.807, 2.05) is 49.4 Å². The van der Waals surface area contributed by atoms with Crippen molar-refractivity contribution in [2.24, 2.45) is 0 Å². The third-order valence-electron chi connectivity index (χ3n) is 2.27. The van der Waals surface area contributed by atoms with Crippen molar-refractivity contribution in [2.75, 3.05) is 0 Å². The SMILES string of the molecule is Cc1[c-]cc(C(=O)c2ccccc2)cc1.[Y+3]. The molecule has 1 nitrogen and oxygen atoms in total. The Labute approximate surface area is 121 Å². The van der Waals surface area contributed by atoms with Crippen LogP contribution in [-0.2, 0) is 32.7 Å². The first-order valence-electron chi connectivity index (χ1n) is 4.85. The second kappa shape index (κ2) is 6.07. The fourth-order valence-corrected chi connectivity index (χ4v) is 1.40. The first-order valence-corrected chi connectivity index (χ1v) is 4.85. The second-order valence-corrected chi connectivity index (χ2v) is 3.46. The number of carbonyl (C=O) groups excluding carboxylic acids is 1. The van der Waals surface area contributed by atoms with Crippen LogP contribution in [0.1, 0.15) is 21.5 Å². The summed E-state index contributed by atoms with van der Waals surface area (Å²) in [6, 6.07) is 17.8. The van der Waals surface area contributed by atoms with Crippen LogP contribution in [0.2, 0.25) is 0 Å². The minimum Gasteiger partial charge on any atom is -0.303 e. The van der Waals surface area contributed by atoms with Crippen molar-refractivity contribution in [3.8, 4) is 0 Å². The standard InChI is InChI=1S/C14H11O.Y/c1-11-7-9-13(10-8-11)14(15)12-5-3-2-4-6-12;/h2-7,9-10H,1H3;/q-1;+3. The fourth-order valence-electron chi connectivity index (χ4n) is 1.40. The number of aryl methyl sites for hydroxylation is 1. The quantitative estimate of drug-likeness (QED) is 0.612. The number of hydrogen-bond donors (Lipinski definition) is 0. The maximum atomic E-state index is 11.9. The average Bonchev–Trinajstić information content (AvgIpc) is 2.30. The number of ketones is 1. The van der Waals surface area contributed by atoms with Gasteiger partial charge in [-0.3, -0.25) is 0 Å². The summed E-state index contributed by atoms with van der Waals surface area (Å²) in [4.78, 5) is 11.9. The monoisotopic (exact) mass is 284 g/mol. The number of hydrogen-bond acceptors (Lipinski definition) is 1. The molecule has 2 heteroatoms. The maximum Gasteiger partial charge on any atom is 3.00 e.